The van der Waals surface area contributed by atoms with E-state index in [1.54, 1.807) is 12.1 Å². The van der Waals surface area contributed by atoms with Crippen LogP contribution in [0.4, 0.5) is 17.5 Å². The Kier molecular flexibility index (Phi) is 4.39. The summed E-state index contributed by atoms with van der Waals surface area (Å²) in [7, 11) is 0. The average molecular weight is 351 g/mol. The summed E-state index contributed by atoms with van der Waals surface area (Å²) in [6.07, 6.45) is 2.38. The Hall–Kier alpha value is -1.52. The lowest BCUT2D eigenvalue weighted by Gasteiger charge is -2.21. The zero-order valence-corrected chi connectivity index (χ0v) is 15.0. The van der Waals surface area contributed by atoms with Crippen molar-refractivity contribution in [3.63, 3.8) is 0 Å². The second-order valence-electron chi connectivity index (χ2n) is 6.90. The fourth-order valence-electron chi connectivity index (χ4n) is 2.24. The first kappa shape index (κ1) is 16.3. The van der Waals surface area contributed by atoms with E-state index in [4.69, 9.17) is 23.2 Å². The minimum atomic E-state index is -0.0998. The van der Waals surface area contributed by atoms with Crippen LogP contribution >= 0.6 is 23.2 Å². The highest BCUT2D eigenvalue weighted by molar-refractivity contribution is 6.36. The Bertz CT molecular complexity index is 721. The molecule has 1 aromatic carbocycles. The smallest absolute Gasteiger partial charge is 0.225 e. The van der Waals surface area contributed by atoms with Crippen molar-refractivity contribution in [2.75, 3.05) is 10.6 Å². The predicted molar refractivity (Wildman–Crippen MR) is 97.1 cm³/mol. The molecule has 0 aliphatic heterocycles. The molecule has 1 aliphatic rings. The fraction of sp³-hybridized carbons (Fsp3) is 0.412. The van der Waals surface area contributed by atoms with Crippen molar-refractivity contribution in [3.05, 3.63) is 40.0 Å². The number of anilines is 3. The number of hydrogen-bond acceptors (Lipinski definition) is 4. The van der Waals surface area contributed by atoms with Gasteiger partial charge in [-0.2, -0.15) is 4.98 Å². The number of rotatable bonds is 4. The van der Waals surface area contributed by atoms with Gasteiger partial charge < -0.3 is 10.6 Å². The number of halogens is 2. The van der Waals surface area contributed by atoms with Crippen molar-refractivity contribution in [3.8, 4) is 0 Å². The van der Waals surface area contributed by atoms with Gasteiger partial charge in [-0.15, -0.1) is 0 Å². The quantitative estimate of drug-likeness (QED) is 0.751. The summed E-state index contributed by atoms with van der Waals surface area (Å²) in [5.41, 5.74) is 1.75. The van der Waals surface area contributed by atoms with Crippen LogP contribution in [0.1, 0.15) is 45.2 Å². The first-order valence-electron chi connectivity index (χ1n) is 7.69. The Balaban J connectivity index is 1.91. The third-order valence-electron chi connectivity index (χ3n) is 3.42. The molecule has 4 nitrogen and oxygen atoms in total. The summed E-state index contributed by atoms with van der Waals surface area (Å²) in [4.78, 5) is 9.21. The first-order valence-corrected chi connectivity index (χ1v) is 8.45. The third-order valence-corrected chi connectivity index (χ3v) is 3.97. The summed E-state index contributed by atoms with van der Waals surface area (Å²) < 4.78 is 0. The molecule has 1 saturated carbocycles. The lowest BCUT2D eigenvalue weighted by Crippen LogP contribution is -2.27. The van der Waals surface area contributed by atoms with E-state index < -0.39 is 0 Å². The fourth-order valence-corrected chi connectivity index (χ4v) is 2.69. The van der Waals surface area contributed by atoms with Crippen molar-refractivity contribution in [1.29, 1.82) is 0 Å². The monoisotopic (exact) mass is 350 g/mol. The largest absolute Gasteiger partial charge is 0.350 e. The van der Waals surface area contributed by atoms with E-state index in [2.05, 4.69) is 41.4 Å². The summed E-state index contributed by atoms with van der Waals surface area (Å²) in [6.45, 7) is 6.26. The van der Waals surface area contributed by atoms with Crippen LogP contribution in [0.2, 0.25) is 10.0 Å². The lowest BCUT2D eigenvalue weighted by atomic mass is 10.1. The highest BCUT2D eigenvalue weighted by Gasteiger charge is 2.26. The Morgan fingerprint density at radius 2 is 1.83 bits per heavy atom. The average Bonchev–Trinajstić information content (AvgIpc) is 3.24. The summed E-state index contributed by atoms with van der Waals surface area (Å²) in [5, 5.41) is 7.78. The van der Waals surface area contributed by atoms with Crippen molar-refractivity contribution in [2.45, 2.75) is 45.1 Å². The topological polar surface area (TPSA) is 49.8 Å². The number of nitrogens with one attached hydrogen (secondary N) is 2. The van der Waals surface area contributed by atoms with E-state index in [1.165, 1.54) is 12.8 Å². The zero-order chi connectivity index (χ0) is 16.6. The van der Waals surface area contributed by atoms with Crippen molar-refractivity contribution in [2.24, 2.45) is 0 Å². The number of hydrogen-bond donors (Lipinski definition) is 2. The molecular formula is C17H20Cl2N4. The van der Waals surface area contributed by atoms with Crippen LogP contribution < -0.4 is 10.6 Å². The standard InChI is InChI=1S/C17H20Cl2N4/c1-17(2,3)23-16-21-14(10-4-5-10)9-15(22-16)20-13-7-6-11(18)8-12(13)19/h6-10H,4-5H2,1-3H3,(H2,20,21,22,23). The molecule has 0 spiro atoms. The van der Waals surface area contributed by atoms with Crippen LogP contribution in [0.15, 0.2) is 24.3 Å². The number of benzene rings is 1. The maximum atomic E-state index is 6.23. The van der Waals surface area contributed by atoms with E-state index >= 15 is 0 Å². The molecule has 23 heavy (non-hydrogen) atoms. The molecule has 122 valence electrons. The summed E-state index contributed by atoms with van der Waals surface area (Å²) in [6, 6.07) is 7.35. The van der Waals surface area contributed by atoms with Crippen LogP contribution in [-0.4, -0.2) is 15.5 Å². The molecule has 0 radical (unpaired) electrons. The van der Waals surface area contributed by atoms with Gasteiger partial charge in [-0.05, 0) is 51.8 Å². The SMILES string of the molecule is CC(C)(C)Nc1nc(Nc2ccc(Cl)cc2Cl)cc(C2CC2)n1. The van der Waals surface area contributed by atoms with Crippen LogP contribution in [0.3, 0.4) is 0 Å². The van der Waals surface area contributed by atoms with Crippen LogP contribution in [0, 0.1) is 0 Å². The maximum Gasteiger partial charge on any atom is 0.225 e. The van der Waals surface area contributed by atoms with Gasteiger partial charge in [0.1, 0.15) is 5.82 Å². The predicted octanol–water partition coefficient (Wildman–Crippen LogP) is 5.61. The van der Waals surface area contributed by atoms with E-state index in [0.717, 1.165) is 17.2 Å². The van der Waals surface area contributed by atoms with E-state index in [9.17, 15) is 0 Å². The van der Waals surface area contributed by atoms with Crippen molar-refractivity contribution >= 4 is 40.7 Å². The van der Waals surface area contributed by atoms with Crippen LogP contribution in [0.25, 0.3) is 0 Å². The third kappa shape index (κ3) is 4.49. The molecule has 3 rings (SSSR count). The molecule has 2 N–H and O–H groups in total. The second-order valence-corrected chi connectivity index (χ2v) is 7.74. The Morgan fingerprint density at radius 3 is 2.43 bits per heavy atom. The molecule has 0 saturated heterocycles. The number of aromatic nitrogens is 2. The van der Waals surface area contributed by atoms with Crippen molar-refractivity contribution in [1.82, 2.24) is 9.97 Å². The van der Waals surface area contributed by atoms with Gasteiger partial charge in [-0.25, -0.2) is 4.98 Å². The molecule has 0 unspecified atom stereocenters. The minimum absolute atomic E-state index is 0.0998. The Morgan fingerprint density at radius 1 is 1.09 bits per heavy atom. The second kappa shape index (κ2) is 6.17. The van der Waals surface area contributed by atoms with Crippen LogP contribution in [-0.2, 0) is 0 Å². The lowest BCUT2D eigenvalue weighted by molar-refractivity contribution is 0.625. The summed E-state index contributed by atoms with van der Waals surface area (Å²) >= 11 is 12.2. The molecule has 1 heterocycles. The molecule has 6 heteroatoms. The van der Waals surface area contributed by atoms with E-state index in [1.807, 2.05) is 12.1 Å². The molecule has 1 aliphatic carbocycles. The van der Waals surface area contributed by atoms with Gasteiger partial charge in [0, 0.05) is 22.5 Å². The number of nitrogens with zero attached hydrogens (tertiary/aromatic N) is 2. The van der Waals surface area contributed by atoms with Gasteiger partial charge in [0.15, 0.2) is 0 Å². The molecule has 0 amide bonds. The molecular weight excluding hydrogens is 331 g/mol. The highest BCUT2D eigenvalue weighted by Crippen LogP contribution is 2.40. The van der Waals surface area contributed by atoms with E-state index in [-0.39, 0.29) is 5.54 Å². The van der Waals surface area contributed by atoms with Gasteiger partial charge in [-0.3, -0.25) is 0 Å². The van der Waals surface area contributed by atoms with Gasteiger partial charge in [0.25, 0.3) is 0 Å². The molecule has 2 aromatic rings. The van der Waals surface area contributed by atoms with Gasteiger partial charge in [0.05, 0.1) is 16.4 Å². The Labute approximate surface area is 146 Å². The van der Waals surface area contributed by atoms with Crippen molar-refractivity contribution < 1.29 is 0 Å². The molecule has 1 fully saturated rings. The van der Waals surface area contributed by atoms with Crippen LogP contribution in [0.5, 0.6) is 0 Å². The molecule has 0 bridgehead atoms. The zero-order valence-electron chi connectivity index (χ0n) is 13.5. The first-order chi connectivity index (χ1) is 10.8. The minimum Gasteiger partial charge on any atom is -0.350 e. The van der Waals surface area contributed by atoms with Gasteiger partial charge >= 0.3 is 0 Å². The van der Waals surface area contributed by atoms with Gasteiger partial charge in [0.2, 0.25) is 5.95 Å². The normalized spacial score (nSPS) is 14.7. The molecule has 0 atom stereocenters. The van der Waals surface area contributed by atoms with E-state index in [0.29, 0.717) is 21.9 Å². The molecule has 1 aromatic heterocycles. The summed E-state index contributed by atoms with van der Waals surface area (Å²) in [5.74, 6) is 1.91. The van der Waals surface area contributed by atoms with Gasteiger partial charge in [-0.1, -0.05) is 23.2 Å². The maximum absolute atomic E-state index is 6.23. The highest BCUT2D eigenvalue weighted by atomic mass is 35.5.